The van der Waals surface area contributed by atoms with Gasteiger partial charge in [0.15, 0.2) is 5.96 Å². The standard InChI is InChI=1S/C20H25FN4S.HI/c1-22-20(24-17-11-14(17)13-7-3-4-8-15(13)21)25(2)12-19-23-16-9-5-6-10-18(16)26-19;/h3-4,7-8,14,17H,5-6,9-12H2,1-2H3,(H,22,24);1H. The quantitative estimate of drug-likeness (QED) is 0.386. The average Bonchev–Trinajstić information content (AvgIpc) is 3.28. The fraction of sp³-hybridized carbons (Fsp3) is 0.500. The number of thiazole rings is 1. The molecule has 2 atom stereocenters. The van der Waals surface area contributed by atoms with Crippen molar-refractivity contribution in [1.29, 1.82) is 0 Å². The largest absolute Gasteiger partial charge is 0.353 e. The predicted molar refractivity (Wildman–Crippen MR) is 120 cm³/mol. The Kier molecular flexibility index (Phi) is 6.73. The maximum absolute atomic E-state index is 14.0. The zero-order chi connectivity index (χ0) is 18.1. The van der Waals surface area contributed by atoms with Crippen molar-refractivity contribution in [3.05, 3.63) is 51.2 Å². The summed E-state index contributed by atoms with van der Waals surface area (Å²) in [6.07, 6.45) is 5.78. The Morgan fingerprint density at radius 1 is 1.33 bits per heavy atom. The number of aryl methyl sites for hydroxylation is 2. The van der Waals surface area contributed by atoms with Crippen molar-refractivity contribution >= 4 is 41.3 Å². The SMILES string of the molecule is CN=C(NC1CC1c1ccccc1F)N(C)Cc1nc2c(s1)CCCC2.I. The molecule has 1 fully saturated rings. The van der Waals surface area contributed by atoms with Crippen molar-refractivity contribution < 1.29 is 4.39 Å². The molecule has 1 N–H and O–H groups in total. The second kappa shape index (κ2) is 8.86. The first-order valence-electron chi connectivity index (χ1n) is 9.32. The number of halogens is 2. The third kappa shape index (κ3) is 4.62. The van der Waals surface area contributed by atoms with Gasteiger partial charge in [-0.3, -0.25) is 4.99 Å². The number of guanidine groups is 1. The molecule has 1 aromatic carbocycles. The highest BCUT2D eigenvalue weighted by molar-refractivity contribution is 14.0. The molecule has 2 aliphatic carbocycles. The highest BCUT2D eigenvalue weighted by Crippen LogP contribution is 2.41. The Morgan fingerprint density at radius 3 is 2.85 bits per heavy atom. The van der Waals surface area contributed by atoms with E-state index in [1.165, 1.54) is 35.9 Å². The number of aromatic nitrogens is 1. The van der Waals surface area contributed by atoms with Crippen LogP contribution in [0.3, 0.4) is 0 Å². The average molecular weight is 500 g/mol. The van der Waals surface area contributed by atoms with Crippen LogP contribution in [0, 0.1) is 5.82 Å². The monoisotopic (exact) mass is 500 g/mol. The van der Waals surface area contributed by atoms with E-state index in [1.807, 2.05) is 30.5 Å². The van der Waals surface area contributed by atoms with Crippen LogP contribution >= 0.6 is 35.3 Å². The lowest BCUT2D eigenvalue weighted by Gasteiger charge is -2.21. The lowest BCUT2D eigenvalue weighted by atomic mass is 10.0. The molecule has 0 amide bonds. The molecule has 7 heteroatoms. The molecule has 146 valence electrons. The number of rotatable bonds is 4. The van der Waals surface area contributed by atoms with Crippen LogP contribution in [0.25, 0.3) is 0 Å². The van der Waals surface area contributed by atoms with E-state index >= 15 is 0 Å². The smallest absolute Gasteiger partial charge is 0.194 e. The highest BCUT2D eigenvalue weighted by atomic mass is 127. The lowest BCUT2D eigenvalue weighted by Crippen LogP contribution is -2.40. The molecule has 2 aromatic rings. The van der Waals surface area contributed by atoms with Crippen molar-refractivity contribution in [3.63, 3.8) is 0 Å². The molecule has 4 nitrogen and oxygen atoms in total. The van der Waals surface area contributed by atoms with E-state index in [0.29, 0.717) is 0 Å². The van der Waals surface area contributed by atoms with Crippen LogP contribution in [0.2, 0.25) is 0 Å². The molecule has 4 rings (SSSR count). The summed E-state index contributed by atoms with van der Waals surface area (Å²) < 4.78 is 14.0. The molecule has 0 bridgehead atoms. The number of aliphatic imine (C=N–C) groups is 1. The molecule has 1 saturated carbocycles. The van der Waals surface area contributed by atoms with Gasteiger partial charge < -0.3 is 10.2 Å². The molecule has 2 unspecified atom stereocenters. The fourth-order valence-corrected chi connectivity index (χ4v) is 4.95. The minimum atomic E-state index is -0.112. The first kappa shape index (κ1) is 20.5. The summed E-state index contributed by atoms with van der Waals surface area (Å²) in [4.78, 5) is 12.8. The molecular weight excluding hydrogens is 474 g/mol. The normalized spacial score (nSPS) is 21.2. The van der Waals surface area contributed by atoms with Gasteiger partial charge in [-0.1, -0.05) is 18.2 Å². The van der Waals surface area contributed by atoms with Crippen molar-refractivity contribution in [2.24, 2.45) is 4.99 Å². The van der Waals surface area contributed by atoms with Gasteiger partial charge in [-0.05, 0) is 43.7 Å². The Hall–Kier alpha value is -1.22. The number of fused-ring (bicyclic) bond motifs is 1. The summed E-state index contributed by atoms with van der Waals surface area (Å²) in [6.45, 7) is 0.758. The van der Waals surface area contributed by atoms with Gasteiger partial charge in [-0.2, -0.15) is 0 Å². The van der Waals surface area contributed by atoms with E-state index in [2.05, 4.69) is 15.2 Å². The first-order chi connectivity index (χ1) is 12.7. The summed E-state index contributed by atoms with van der Waals surface area (Å²) in [7, 11) is 3.84. The van der Waals surface area contributed by atoms with Gasteiger partial charge in [0.25, 0.3) is 0 Å². The Labute approximate surface area is 181 Å². The van der Waals surface area contributed by atoms with E-state index in [0.717, 1.165) is 35.9 Å². The molecular formula is C20H26FIN4S. The molecule has 1 heterocycles. The molecule has 1 aromatic heterocycles. The van der Waals surface area contributed by atoms with Crippen LogP contribution in [0.1, 0.15) is 46.3 Å². The Balaban J connectivity index is 0.00000210. The van der Waals surface area contributed by atoms with Gasteiger partial charge in [0.2, 0.25) is 0 Å². The van der Waals surface area contributed by atoms with E-state index in [1.54, 1.807) is 13.1 Å². The molecule has 0 saturated heterocycles. The number of hydrogen-bond donors (Lipinski definition) is 1. The molecule has 0 spiro atoms. The highest BCUT2D eigenvalue weighted by Gasteiger charge is 2.40. The van der Waals surface area contributed by atoms with Gasteiger partial charge in [-0.25, -0.2) is 9.37 Å². The second-order valence-electron chi connectivity index (χ2n) is 7.20. The van der Waals surface area contributed by atoms with Gasteiger partial charge in [0.05, 0.1) is 12.2 Å². The van der Waals surface area contributed by atoms with Crippen molar-refractivity contribution in [2.45, 2.75) is 50.6 Å². The fourth-order valence-electron chi connectivity index (χ4n) is 3.74. The maximum atomic E-state index is 14.0. The van der Waals surface area contributed by atoms with Crippen molar-refractivity contribution in [3.8, 4) is 0 Å². The van der Waals surface area contributed by atoms with Crippen molar-refractivity contribution in [2.75, 3.05) is 14.1 Å². The van der Waals surface area contributed by atoms with E-state index in [4.69, 9.17) is 4.98 Å². The van der Waals surface area contributed by atoms with E-state index in [-0.39, 0.29) is 41.8 Å². The zero-order valence-corrected chi connectivity index (χ0v) is 18.9. The van der Waals surface area contributed by atoms with Gasteiger partial charge in [0, 0.05) is 30.9 Å². The number of nitrogens with one attached hydrogen (secondary N) is 1. The minimum Gasteiger partial charge on any atom is -0.353 e. The Morgan fingerprint density at radius 2 is 2.11 bits per heavy atom. The third-order valence-electron chi connectivity index (χ3n) is 5.25. The van der Waals surface area contributed by atoms with Gasteiger partial charge in [0.1, 0.15) is 10.8 Å². The zero-order valence-electron chi connectivity index (χ0n) is 15.7. The molecule has 27 heavy (non-hydrogen) atoms. The molecule has 0 radical (unpaired) electrons. The second-order valence-corrected chi connectivity index (χ2v) is 8.37. The van der Waals surface area contributed by atoms with Gasteiger partial charge >= 0.3 is 0 Å². The third-order valence-corrected chi connectivity index (χ3v) is 6.39. The summed E-state index contributed by atoms with van der Waals surface area (Å²) in [5.74, 6) is 0.967. The summed E-state index contributed by atoms with van der Waals surface area (Å²) in [5.41, 5.74) is 2.10. The van der Waals surface area contributed by atoms with Crippen LogP contribution < -0.4 is 5.32 Å². The minimum absolute atomic E-state index is 0. The molecule has 2 aliphatic rings. The van der Waals surface area contributed by atoms with Crippen LogP contribution in [0.5, 0.6) is 0 Å². The number of nitrogens with zero attached hydrogens (tertiary/aromatic N) is 3. The number of hydrogen-bond acceptors (Lipinski definition) is 3. The summed E-state index contributed by atoms with van der Waals surface area (Å²) >= 11 is 1.84. The van der Waals surface area contributed by atoms with Crippen LogP contribution in [-0.4, -0.2) is 36.0 Å². The first-order valence-corrected chi connectivity index (χ1v) is 10.1. The topological polar surface area (TPSA) is 40.5 Å². The van der Waals surface area contributed by atoms with Gasteiger partial charge in [-0.15, -0.1) is 35.3 Å². The number of benzene rings is 1. The maximum Gasteiger partial charge on any atom is 0.194 e. The Bertz CT molecular complexity index is 799. The van der Waals surface area contributed by atoms with Crippen LogP contribution in [-0.2, 0) is 19.4 Å². The van der Waals surface area contributed by atoms with E-state index < -0.39 is 0 Å². The van der Waals surface area contributed by atoms with E-state index in [9.17, 15) is 4.39 Å². The van der Waals surface area contributed by atoms with Crippen LogP contribution in [0.4, 0.5) is 4.39 Å². The summed E-state index contributed by atoms with van der Waals surface area (Å²) in [5, 5.41) is 4.64. The lowest BCUT2D eigenvalue weighted by molar-refractivity contribution is 0.473. The molecule has 0 aliphatic heterocycles. The summed E-state index contributed by atoms with van der Waals surface area (Å²) in [6, 6.07) is 7.31. The predicted octanol–water partition coefficient (Wildman–Crippen LogP) is 4.34. The van der Waals surface area contributed by atoms with Crippen LogP contribution in [0.15, 0.2) is 29.3 Å². The van der Waals surface area contributed by atoms with Crippen molar-refractivity contribution in [1.82, 2.24) is 15.2 Å².